The van der Waals surface area contributed by atoms with Crippen LogP contribution in [0.4, 0.5) is 0 Å². The highest BCUT2D eigenvalue weighted by Gasteiger charge is 2.33. The maximum atomic E-state index is 13.8. The van der Waals surface area contributed by atoms with Crippen LogP contribution in [-0.2, 0) is 9.53 Å². The van der Waals surface area contributed by atoms with E-state index in [1.165, 1.54) is 11.3 Å². The van der Waals surface area contributed by atoms with E-state index in [0.717, 1.165) is 21.2 Å². The Bertz CT molecular complexity index is 1820. The number of carbonyl (C=O) groups excluding carboxylic acids is 1. The molecule has 2 aromatic carbocycles. The first kappa shape index (κ1) is 27.4. The number of methoxy groups -OCH3 is 1. The summed E-state index contributed by atoms with van der Waals surface area (Å²) in [6, 6.07) is 14.5. The van der Waals surface area contributed by atoms with Crippen molar-refractivity contribution in [1.82, 2.24) is 4.57 Å². The van der Waals surface area contributed by atoms with Gasteiger partial charge in [0.05, 0.1) is 40.0 Å². The molecule has 0 spiro atoms. The Hall–Kier alpha value is -3.21. The number of hydrogen-bond acceptors (Lipinski definition) is 7. The molecule has 1 aliphatic heterocycles. The Labute approximate surface area is 245 Å². The van der Waals surface area contributed by atoms with Crippen LogP contribution in [0.15, 0.2) is 83.0 Å². The largest absolute Gasteiger partial charge is 0.496 e. The van der Waals surface area contributed by atoms with E-state index in [1.807, 2.05) is 49.4 Å². The predicted molar refractivity (Wildman–Crippen MR) is 158 cm³/mol. The Morgan fingerprint density at radius 3 is 2.62 bits per heavy atom. The maximum Gasteiger partial charge on any atom is 0.338 e. The molecule has 200 valence electrons. The lowest BCUT2D eigenvalue weighted by molar-refractivity contribution is -0.139. The fraction of sp³-hybridized carbons (Fsp3) is 0.207. The van der Waals surface area contributed by atoms with Crippen LogP contribution in [0.3, 0.4) is 0 Å². The quantitative estimate of drug-likeness (QED) is 0.239. The van der Waals surface area contributed by atoms with Crippen LogP contribution in [0.5, 0.6) is 5.75 Å². The molecule has 0 aliphatic carbocycles. The van der Waals surface area contributed by atoms with Crippen LogP contribution < -0.4 is 19.6 Å². The molecule has 5 rings (SSSR count). The smallest absolute Gasteiger partial charge is 0.338 e. The number of thiazole rings is 1. The third-order valence-corrected chi connectivity index (χ3v) is 8.56. The Balaban J connectivity index is 1.65. The molecule has 0 N–H and O–H groups in total. The Kier molecular flexibility index (Phi) is 7.80. The van der Waals surface area contributed by atoms with Crippen molar-refractivity contribution in [1.29, 1.82) is 0 Å². The van der Waals surface area contributed by atoms with Crippen LogP contribution in [0.25, 0.3) is 17.4 Å². The van der Waals surface area contributed by atoms with Crippen molar-refractivity contribution >= 4 is 55.2 Å². The number of benzene rings is 2. The zero-order valence-electron chi connectivity index (χ0n) is 21.6. The number of esters is 1. The molecule has 0 amide bonds. The van der Waals surface area contributed by atoms with E-state index in [4.69, 9.17) is 13.9 Å². The second-order valence-electron chi connectivity index (χ2n) is 8.88. The van der Waals surface area contributed by atoms with Crippen LogP contribution >= 0.6 is 43.2 Å². The molecule has 1 atom stereocenters. The average Bonchev–Trinajstić information content (AvgIpc) is 3.47. The number of furan rings is 1. The molecular weight excluding hydrogens is 648 g/mol. The molecule has 0 saturated heterocycles. The van der Waals surface area contributed by atoms with E-state index in [-0.39, 0.29) is 12.2 Å². The van der Waals surface area contributed by atoms with Crippen molar-refractivity contribution in [3.8, 4) is 17.1 Å². The lowest BCUT2D eigenvalue weighted by atomic mass is 9.96. The molecule has 0 radical (unpaired) electrons. The standard InChI is InChI=1S/C29H24Br2N2O5S/c1-5-37-28(35)25-16(3)32-29-33(26(25)17-7-10-23(36-4)21(31)13-17)27(34)24(39-29)14-18-8-11-22(38-18)19-9-6-15(2)12-20(19)30/h6-14,26H,5H2,1-4H3/b24-14-. The number of rotatable bonds is 6. The number of ether oxygens (including phenoxy) is 2. The fourth-order valence-electron chi connectivity index (χ4n) is 4.48. The number of fused-ring (bicyclic) bond motifs is 1. The zero-order valence-corrected chi connectivity index (χ0v) is 25.6. The third-order valence-electron chi connectivity index (χ3n) is 6.30. The summed E-state index contributed by atoms with van der Waals surface area (Å²) >= 11 is 8.37. The van der Waals surface area contributed by atoms with Gasteiger partial charge in [-0.2, -0.15) is 0 Å². The summed E-state index contributed by atoms with van der Waals surface area (Å²) in [7, 11) is 1.58. The van der Waals surface area contributed by atoms with Gasteiger partial charge in [-0.15, -0.1) is 0 Å². The second kappa shape index (κ2) is 11.1. The molecule has 2 aromatic heterocycles. The SMILES string of the molecule is CCOC(=O)C1=C(C)N=c2s/c(=C\c3ccc(-c4ccc(C)cc4Br)o3)c(=O)n2C1c1ccc(OC)c(Br)c1. The molecule has 0 saturated carbocycles. The second-order valence-corrected chi connectivity index (χ2v) is 11.6. The van der Waals surface area contributed by atoms with Gasteiger partial charge < -0.3 is 13.9 Å². The summed E-state index contributed by atoms with van der Waals surface area (Å²) < 4.78 is 20.4. The van der Waals surface area contributed by atoms with Crippen molar-refractivity contribution in [2.75, 3.05) is 13.7 Å². The number of aryl methyl sites for hydroxylation is 1. The zero-order chi connectivity index (χ0) is 27.8. The lowest BCUT2D eigenvalue weighted by Crippen LogP contribution is -2.39. The van der Waals surface area contributed by atoms with Gasteiger partial charge in [0.2, 0.25) is 0 Å². The summed E-state index contributed by atoms with van der Waals surface area (Å²) in [5.41, 5.74) is 3.31. The van der Waals surface area contributed by atoms with Gasteiger partial charge >= 0.3 is 5.97 Å². The first-order valence-electron chi connectivity index (χ1n) is 12.1. The number of aromatic nitrogens is 1. The monoisotopic (exact) mass is 670 g/mol. The van der Waals surface area contributed by atoms with Crippen LogP contribution in [0.1, 0.15) is 36.8 Å². The van der Waals surface area contributed by atoms with Gasteiger partial charge in [0.1, 0.15) is 17.3 Å². The molecule has 10 heteroatoms. The maximum absolute atomic E-state index is 13.8. The topological polar surface area (TPSA) is 83.0 Å². The van der Waals surface area contributed by atoms with Gasteiger partial charge in [-0.1, -0.05) is 39.4 Å². The van der Waals surface area contributed by atoms with E-state index >= 15 is 0 Å². The van der Waals surface area contributed by atoms with Gasteiger partial charge in [-0.25, -0.2) is 9.79 Å². The molecule has 4 aromatic rings. The highest BCUT2D eigenvalue weighted by Crippen LogP contribution is 2.35. The van der Waals surface area contributed by atoms with E-state index in [2.05, 4.69) is 36.9 Å². The van der Waals surface area contributed by atoms with Gasteiger partial charge in [0.15, 0.2) is 4.80 Å². The van der Waals surface area contributed by atoms with Crippen LogP contribution in [-0.4, -0.2) is 24.3 Å². The number of hydrogen-bond donors (Lipinski definition) is 0. The molecule has 3 heterocycles. The molecular formula is C29H24Br2N2O5S. The number of nitrogens with zero attached hydrogens (tertiary/aromatic N) is 2. The van der Waals surface area contributed by atoms with Gasteiger partial charge in [-0.3, -0.25) is 9.36 Å². The van der Waals surface area contributed by atoms with Crippen molar-refractivity contribution in [2.24, 2.45) is 4.99 Å². The van der Waals surface area contributed by atoms with E-state index in [1.54, 1.807) is 37.7 Å². The highest BCUT2D eigenvalue weighted by molar-refractivity contribution is 9.11. The summed E-state index contributed by atoms with van der Waals surface area (Å²) in [5, 5.41) is 0. The summed E-state index contributed by atoms with van der Waals surface area (Å²) in [6.07, 6.45) is 1.71. The van der Waals surface area contributed by atoms with Crippen molar-refractivity contribution in [2.45, 2.75) is 26.8 Å². The Morgan fingerprint density at radius 1 is 1.13 bits per heavy atom. The van der Waals surface area contributed by atoms with Crippen molar-refractivity contribution in [3.63, 3.8) is 0 Å². The minimum absolute atomic E-state index is 0.205. The van der Waals surface area contributed by atoms with Crippen LogP contribution in [0.2, 0.25) is 0 Å². The molecule has 1 aliphatic rings. The van der Waals surface area contributed by atoms with E-state index in [9.17, 15) is 9.59 Å². The number of allylic oxidation sites excluding steroid dienone is 1. The highest BCUT2D eigenvalue weighted by atomic mass is 79.9. The predicted octanol–water partition coefficient (Wildman–Crippen LogP) is 5.90. The van der Waals surface area contributed by atoms with Gasteiger partial charge in [-0.05, 0) is 84.2 Å². The van der Waals surface area contributed by atoms with E-state index < -0.39 is 12.0 Å². The van der Waals surface area contributed by atoms with Crippen molar-refractivity contribution < 1.29 is 18.7 Å². The van der Waals surface area contributed by atoms with Gasteiger partial charge in [0.25, 0.3) is 5.56 Å². The van der Waals surface area contributed by atoms with Gasteiger partial charge in [0, 0.05) is 16.1 Å². The fourth-order valence-corrected chi connectivity index (χ4v) is 6.76. The molecule has 0 bridgehead atoms. The molecule has 1 unspecified atom stereocenters. The Morgan fingerprint density at radius 2 is 1.92 bits per heavy atom. The minimum Gasteiger partial charge on any atom is -0.496 e. The normalized spacial score (nSPS) is 15.2. The number of carbonyl (C=O) groups is 1. The molecule has 7 nitrogen and oxygen atoms in total. The summed E-state index contributed by atoms with van der Waals surface area (Å²) in [6.45, 7) is 5.73. The molecule has 39 heavy (non-hydrogen) atoms. The molecule has 0 fully saturated rings. The van der Waals surface area contributed by atoms with E-state index in [0.29, 0.717) is 42.3 Å². The number of halogens is 2. The summed E-state index contributed by atoms with van der Waals surface area (Å²) in [4.78, 5) is 32.0. The average molecular weight is 672 g/mol. The first-order chi connectivity index (χ1) is 18.7. The lowest BCUT2D eigenvalue weighted by Gasteiger charge is -2.25. The summed E-state index contributed by atoms with van der Waals surface area (Å²) in [5.74, 6) is 1.35. The van der Waals surface area contributed by atoms with Crippen molar-refractivity contribution in [3.05, 3.63) is 105 Å². The van der Waals surface area contributed by atoms with Crippen LogP contribution in [0, 0.1) is 6.92 Å². The first-order valence-corrected chi connectivity index (χ1v) is 14.5. The third kappa shape index (κ3) is 5.20. The minimum atomic E-state index is -0.722.